The van der Waals surface area contributed by atoms with Gasteiger partial charge in [-0.25, -0.2) is 0 Å². The Labute approximate surface area is 113 Å². The summed E-state index contributed by atoms with van der Waals surface area (Å²) in [7, 11) is -1.04. The summed E-state index contributed by atoms with van der Waals surface area (Å²) in [5.74, 6) is 0.523. The van der Waals surface area contributed by atoms with Gasteiger partial charge in [0.15, 0.2) is 0 Å². The fourth-order valence-corrected chi connectivity index (χ4v) is 4.73. The minimum atomic E-state index is -1.04. The zero-order chi connectivity index (χ0) is 12.3. The molecule has 0 aromatic carbocycles. The second kappa shape index (κ2) is 5.56. The molecule has 3 nitrogen and oxygen atoms in total. The third-order valence-electron chi connectivity index (χ3n) is 2.75. The van der Waals surface area contributed by atoms with Crippen LogP contribution in [0.25, 0.3) is 0 Å². The van der Waals surface area contributed by atoms with Gasteiger partial charge in [0.05, 0.1) is 17.4 Å². The first kappa shape index (κ1) is 13.1. The molecule has 0 amide bonds. The molecule has 0 bridgehead atoms. The maximum atomic E-state index is 12.4. The van der Waals surface area contributed by atoms with Crippen molar-refractivity contribution in [3.8, 4) is 0 Å². The largest absolute Gasteiger partial charge is 0.378 e. The average Bonchev–Trinajstić information content (AvgIpc) is 2.39. The molecule has 17 heavy (non-hydrogen) atoms. The molecule has 0 radical (unpaired) electrons. The van der Waals surface area contributed by atoms with E-state index in [0.717, 1.165) is 5.56 Å². The van der Waals surface area contributed by atoms with Gasteiger partial charge in [0.2, 0.25) is 0 Å². The van der Waals surface area contributed by atoms with Crippen molar-refractivity contribution in [2.75, 3.05) is 25.2 Å². The van der Waals surface area contributed by atoms with Crippen molar-refractivity contribution < 1.29 is 8.95 Å². The summed E-state index contributed by atoms with van der Waals surface area (Å²) in [6.07, 6.45) is 5.34. The molecule has 1 aromatic heterocycles. The summed E-state index contributed by atoms with van der Waals surface area (Å²) in [6.45, 7) is 0.913. The van der Waals surface area contributed by atoms with Crippen LogP contribution in [-0.4, -0.2) is 38.6 Å². The first-order valence-electron chi connectivity index (χ1n) is 5.17. The van der Waals surface area contributed by atoms with E-state index in [9.17, 15) is 4.21 Å². The third-order valence-corrected chi connectivity index (χ3v) is 6.45. The molecule has 0 spiro atoms. The van der Waals surface area contributed by atoms with Crippen LogP contribution in [0.15, 0.2) is 24.5 Å². The molecule has 2 unspecified atom stereocenters. The van der Waals surface area contributed by atoms with Gasteiger partial charge in [-0.2, -0.15) is 0 Å². The number of rotatable bonds is 2. The van der Waals surface area contributed by atoms with Gasteiger partial charge in [0, 0.05) is 28.9 Å². The van der Waals surface area contributed by atoms with Crippen LogP contribution in [0.5, 0.6) is 0 Å². The minimum Gasteiger partial charge on any atom is -0.378 e. The van der Waals surface area contributed by atoms with Crippen LogP contribution in [0.3, 0.4) is 0 Å². The third kappa shape index (κ3) is 2.31. The van der Waals surface area contributed by atoms with Gasteiger partial charge in [-0.15, -0.1) is 11.8 Å². The van der Waals surface area contributed by atoms with Crippen molar-refractivity contribution in [3.05, 3.63) is 30.1 Å². The van der Waals surface area contributed by atoms with E-state index in [1.807, 2.05) is 18.4 Å². The molecule has 0 N–H and O–H groups in total. The van der Waals surface area contributed by atoms with E-state index in [0.29, 0.717) is 23.2 Å². The van der Waals surface area contributed by atoms with Crippen molar-refractivity contribution in [2.24, 2.45) is 0 Å². The Bertz CT molecular complexity index is 428. The summed E-state index contributed by atoms with van der Waals surface area (Å²) in [4.78, 5) is 4.10. The number of nitrogens with zero attached hydrogens (tertiary/aromatic N) is 1. The molecule has 1 aliphatic rings. The number of hydrogen-bond acceptors (Lipinski definition) is 5. The number of aromatic nitrogens is 1. The molecular formula is C11H13NO2S3. The van der Waals surface area contributed by atoms with Crippen LogP contribution in [0.1, 0.15) is 5.56 Å². The van der Waals surface area contributed by atoms with Crippen molar-refractivity contribution in [2.45, 2.75) is 4.75 Å². The summed E-state index contributed by atoms with van der Waals surface area (Å²) in [6, 6.07) is 3.76. The molecule has 92 valence electrons. The zero-order valence-corrected chi connectivity index (χ0v) is 11.9. The molecule has 1 aliphatic heterocycles. The molecular weight excluding hydrogens is 274 g/mol. The second-order valence-corrected chi connectivity index (χ2v) is 6.94. The van der Waals surface area contributed by atoms with Gasteiger partial charge >= 0.3 is 0 Å². The van der Waals surface area contributed by atoms with Gasteiger partial charge < -0.3 is 4.74 Å². The highest BCUT2D eigenvalue weighted by Gasteiger charge is 2.45. The van der Waals surface area contributed by atoms with Gasteiger partial charge in [-0.1, -0.05) is 18.3 Å². The Hall–Kier alpha value is -0.300. The first-order valence-corrected chi connectivity index (χ1v) is 8.12. The van der Waals surface area contributed by atoms with Gasteiger partial charge in [0.25, 0.3) is 0 Å². The lowest BCUT2D eigenvalue weighted by molar-refractivity contribution is 0.129. The van der Waals surface area contributed by atoms with E-state index in [1.165, 1.54) is 11.8 Å². The fraction of sp³-hybridized carbons (Fsp3) is 0.455. The van der Waals surface area contributed by atoms with Crippen molar-refractivity contribution >= 4 is 39.0 Å². The smallest absolute Gasteiger partial charge is 0.136 e. The number of hydrogen-bond donors (Lipinski definition) is 0. The molecule has 0 aliphatic carbocycles. The Morgan fingerprint density at radius 3 is 3.12 bits per heavy atom. The summed E-state index contributed by atoms with van der Waals surface area (Å²) in [5.41, 5.74) is 0.886. The Kier molecular flexibility index (Phi) is 4.30. The number of thioether (sulfide) groups is 1. The Morgan fingerprint density at radius 2 is 2.53 bits per heavy atom. The molecule has 2 rings (SSSR count). The van der Waals surface area contributed by atoms with E-state index < -0.39 is 15.5 Å². The zero-order valence-electron chi connectivity index (χ0n) is 9.42. The second-order valence-electron chi connectivity index (χ2n) is 3.66. The topological polar surface area (TPSA) is 39.2 Å². The number of pyridine rings is 1. The van der Waals surface area contributed by atoms with E-state index in [1.54, 1.807) is 12.4 Å². The standard InChI is InChI=1S/C11H13NO2S3/c1-16-10(15)11(8-14-5-6-17(11)13)9-3-2-4-12-7-9/h2-4,7H,5-6,8H2,1H3. The highest BCUT2D eigenvalue weighted by Crippen LogP contribution is 2.36. The predicted molar refractivity (Wildman–Crippen MR) is 75.9 cm³/mol. The maximum Gasteiger partial charge on any atom is 0.136 e. The Morgan fingerprint density at radius 1 is 1.71 bits per heavy atom. The molecule has 2 atom stereocenters. The lowest BCUT2D eigenvalue weighted by Gasteiger charge is -2.36. The van der Waals surface area contributed by atoms with Crippen LogP contribution < -0.4 is 0 Å². The minimum absolute atomic E-state index is 0.380. The van der Waals surface area contributed by atoms with Crippen LogP contribution in [0.4, 0.5) is 0 Å². The van der Waals surface area contributed by atoms with Crippen molar-refractivity contribution in [1.82, 2.24) is 4.98 Å². The fourth-order valence-electron chi connectivity index (χ4n) is 1.84. The summed E-state index contributed by atoms with van der Waals surface area (Å²) in [5, 5.41) is 0. The molecule has 6 heteroatoms. The number of ether oxygens (including phenoxy) is 1. The van der Waals surface area contributed by atoms with E-state index in [-0.39, 0.29) is 0 Å². The van der Waals surface area contributed by atoms with Gasteiger partial charge in [-0.05, 0) is 17.9 Å². The predicted octanol–water partition coefficient (Wildman–Crippen LogP) is 1.75. The summed E-state index contributed by atoms with van der Waals surface area (Å²) < 4.78 is 18.0. The first-order chi connectivity index (χ1) is 8.21. The van der Waals surface area contributed by atoms with Crippen LogP contribution >= 0.6 is 24.0 Å². The van der Waals surface area contributed by atoms with Gasteiger partial charge in [-0.3, -0.25) is 9.19 Å². The molecule has 1 aromatic rings. The van der Waals surface area contributed by atoms with Crippen molar-refractivity contribution in [1.29, 1.82) is 0 Å². The molecule has 0 saturated carbocycles. The maximum absolute atomic E-state index is 12.4. The average molecular weight is 287 g/mol. The quantitative estimate of drug-likeness (QED) is 0.775. The summed E-state index contributed by atoms with van der Waals surface area (Å²) >= 11 is 6.87. The molecule has 1 saturated heterocycles. The Balaban J connectivity index is 2.50. The highest BCUT2D eigenvalue weighted by molar-refractivity contribution is 8.24. The normalized spacial score (nSPS) is 28.9. The monoisotopic (exact) mass is 287 g/mol. The SMILES string of the molecule is CSC(=S)C1(c2cccnc2)COCCS1=O. The molecule has 2 heterocycles. The molecule has 1 fully saturated rings. The lowest BCUT2D eigenvalue weighted by atomic mass is 10.0. The number of thiocarbonyl (C=S) groups is 1. The van der Waals surface area contributed by atoms with Crippen LogP contribution in [-0.2, 0) is 20.3 Å². The highest BCUT2D eigenvalue weighted by atomic mass is 32.2. The van der Waals surface area contributed by atoms with Gasteiger partial charge in [0.1, 0.15) is 4.75 Å². The van der Waals surface area contributed by atoms with Crippen LogP contribution in [0.2, 0.25) is 0 Å². The lowest BCUT2D eigenvalue weighted by Crippen LogP contribution is -2.47. The van der Waals surface area contributed by atoms with E-state index in [4.69, 9.17) is 17.0 Å². The van der Waals surface area contributed by atoms with E-state index in [2.05, 4.69) is 4.98 Å². The van der Waals surface area contributed by atoms with E-state index >= 15 is 0 Å². The van der Waals surface area contributed by atoms with Crippen molar-refractivity contribution in [3.63, 3.8) is 0 Å². The van der Waals surface area contributed by atoms with Crippen LogP contribution in [0, 0.1) is 0 Å².